The Balaban J connectivity index is 1.52. The Labute approximate surface area is 248 Å². The molecule has 2 atom stereocenters. The van der Waals surface area contributed by atoms with E-state index in [1.165, 1.54) is 33.0 Å². The highest BCUT2D eigenvalue weighted by Crippen LogP contribution is 2.30. The highest BCUT2D eigenvalue weighted by Gasteiger charge is 2.51. The first-order valence-electron chi connectivity index (χ1n) is 13.9. The number of hydrazine groups is 1. The average molecular weight is 590 g/mol. The minimum absolute atomic E-state index is 0.0516. The van der Waals surface area contributed by atoms with E-state index in [0.29, 0.717) is 5.56 Å². The minimum atomic E-state index is -1.02. The minimum Gasteiger partial charge on any atom is -0.508 e. The van der Waals surface area contributed by atoms with Gasteiger partial charge in [0.25, 0.3) is 0 Å². The van der Waals surface area contributed by atoms with Gasteiger partial charge < -0.3 is 20.2 Å². The third-order valence-corrected chi connectivity index (χ3v) is 7.52. The lowest BCUT2D eigenvalue weighted by Gasteiger charge is -2.55. The number of hydrogen-bond acceptors (Lipinski definition) is 5. The van der Waals surface area contributed by atoms with E-state index in [9.17, 15) is 28.3 Å². The number of hydrogen-bond donors (Lipinski definition) is 2. The number of aromatic hydroxyl groups is 1. The average Bonchev–Trinajstić information content (AvgIpc) is 2.96. The largest absolute Gasteiger partial charge is 0.508 e. The molecular weight excluding hydrogens is 556 g/mol. The monoisotopic (exact) mass is 589 g/mol. The molecule has 0 unspecified atom stereocenters. The van der Waals surface area contributed by atoms with Crippen LogP contribution in [0.2, 0.25) is 0 Å². The predicted octanol–water partition coefficient (Wildman–Crippen LogP) is 3.80. The number of benzene rings is 3. The number of phenolic OH excluding ortho intramolecular Hbond substituents is 1. The molecular formula is C32H33F2N5O4. The fraction of sp³-hybridized carbons (Fsp3) is 0.281. The van der Waals surface area contributed by atoms with E-state index in [1.807, 2.05) is 30.3 Å². The van der Waals surface area contributed by atoms with Crippen molar-refractivity contribution in [2.75, 3.05) is 19.6 Å². The topological polar surface area (TPSA) is 96.4 Å². The molecule has 0 aromatic heterocycles. The van der Waals surface area contributed by atoms with Gasteiger partial charge in [-0.05, 0) is 36.2 Å². The van der Waals surface area contributed by atoms with E-state index in [2.05, 4.69) is 11.9 Å². The zero-order chi connectivity index (χ0) is 30.7. The maximum atomic E-state index is 14.7. The molecule has 2 fully saturated rings. The molecule has 9 nitrogen and oxygen atoms in total. The Morgan fingerprint density at radius 2 is 1.74 bits per heavy atom. The lowest BCUT2D eigenvalue weighted by molar-refractivity contribution is -0.189. The van der Waals surface area contributed by atoms with E-state index >= 15 is 0 Å². The molecule has 2 saturated heterocycles. The van der Waals surface area contributed by atoms with Gasteiger partial charge in [0.15, 0.2) is 0 Å². The van der Waals surface area contributed by atoms with Crippen molar-refractivity contribution in [3.05, 3.63) is 113 Å². The number of rotatable bonds is 8. The number of phenols is 1. The van der Waals surface area contributed by atoms with Gasteiger partial charge in [-0.25, -0.2) is 23.6 Å². The quantitative estimate of drug-likeness (QED) is 0.390. The summed E-state index contributed by atoms with van der Waals surface area (Å²) in [6.07, 6.45) is -0.816. The van der Waals surface area contributed by atoms with Crippen molar-refractivity contribution in [3.8, 4) is 5.75 Å². The van der Waals surface area contributed by atoms with Crippen molar-refractivity contribution in [1.82, 2.24) is 25.1 Å². The van der Waals surface area contributed by atoms with Crippen molar-refractivity contribution < 1.29 is 28.3 Å². The number of nitrogens with one attached hydrogen (secondary N) is 1. The van der Waals surface area contributed by atoms with Crippen LogP contribution in [-0.4, -0.2) is 74.6 Å². The molecule has 2 N–H and O–H groups in total. The van der Waals surface area contributed by atoms with Gasteiger partial charge in [-0.2, -0.15) is 0 Å². The second-order valence-corrected chi connectivity index (χ2v) is 10.9. The highest BCUT2D eigenvalue weighted by molar-refractivity contribution is 5.91. The Kier molecular flexibility index (Phi) is 8.72. The van der Waals surface area contributed by atoms with E-state index in [-0.39, 0.29) is 56.4 Å². The van der Waals surface area contributed by atoms with Crippen molar-refractivity contribution in [1.29, 1.82) is 0 Å². The summed E-state index contributed by atoms with van der Waals surface area (Å²) in [5, 5.41) is 15.7. The Bertz CT molecular complexity index is 1520. The maximum Gasteiger partial charge on any atom is 0.334 e. The van der Waals surface area contributed by atoms with Crippen LogP contribution in [0.5, 0.6) is 5.75 Å². The second kappa shape index (κ2) is 12.6. The Morgan fingerprint density at radius 1 is 1.02 bits per heavy atom. The molecule has 2 aliphatic rings. The van der Waals surface area contributed by atoms with Gasteiger partial charge in [0.1, 0.15) is 29.6 Å². The van der Waals surface area contributed by atoms with E-state index < -0.39 is 35.8 Å². The zero-order valence-corrected chi connectivity index (χ0v) is 23.7. The van der Waals surface area contributed by atoms with Gasteiger partial charge in [-0.3, -0.25) is 9.59 Å². The number of amides is 4. The van der Waals surface area contributed by atoms with Crippen molar-refractivity contribution in [2.24, 2.45) is 0 Å². The van der Waals surface area contributed by atoms with Crippen LogP contribution < -0.4 is 5.32 Å². The first-order chi connectivity index (χ1) is 20.6. The lowest BCUT2D eigenvalue weighted by atomic mass is 9.98. The van der Waals surface area contributed by atoms with Crippen LogP contribution >= 0.6 is 0 Å². The fourth-order valence-electron chi connectivity index (χ4n) is 5.55. The number of carbonyl (C=O) groups is 3. The number of urea groups is 1. The molecule has 0 bridgehead atoms. The van der Waals surface area contributed by atoms with Crippen molar-refractivity contribution in [2.45, 2.75) is 38.6 Å². The molecule has 5 rings (SSSR count). The van der Waals surface area contributed by atoms with E-state index in [4.69, 9.17) is 0 Å². The molecule has 224 valence electrons. The summed E-state index contributed by atoms with van der Waals surface area (Å²) in [6, 6.07) is 17.3. The Hall–Kier alpha value is -4.77. The maximum absolute atomic E-state index is 14.7. The lowest BCUT2D eigenvalue weighted by Crippen LogP contribution is -2.76. The van der Waals surface area contributed by atoms with Gasteiger partial charge in [-0.15, -0.1) is 0 Å². The number of fused-ring (bicyclic) bond motifs is 1. The first-order valence-corrected chi connectivity index (χ1v) is 13.9. The van der Waals surface area contributed by atoms with E-state index in [0.717, 1.165) is 23.3 Å². The zero-order valence-electron chi connectivity index (χ0n) is 23.7. The van der Waals surface area contributed by atoms with Gasteiger partial charge >= 0.3 is 6.03 Å². The van der Waals surface area contributed by atoms with Crippen LogP contribution in [0, 0.1) is 11.6 Å². The molecule has 0 spiro atoms. The first kappa shape index (κ1) is 29.7. The van der Waals surface area contributed by atoms with Crippen LogP contribution in [0.15, 0.2) is 84.9 Å². The number of carbonyl (C=O) groups excluding carboxylic acids is 3. The van der Waals surface area contributed by atoms with Crippen molar-refractivity contribution >= 4 is 17.8 Å². The highest BCUT2D eigenvalue weighted by atomic mass is 19.1. The molecule has 0 aliphatic carbocycles. The van der Waals surface area contributed by atoms with Crippen LogP contribution in [0.25, 0.3) is 0 Å². The summed E-state index contributed by atoms with van der Waals surface area (Å²) in [5.74, 6) is -2.26. The molecule has 3 aromatic rings. The van der Waals surface area contributed by atoms with Gasteiger partial charge in [-0.1, -0.05) is 60.7 Å². The number of piperazine rings is 1. The van der Waals surface area contributed by atoms with Crippen LogP contribution in [0.1, 0.15) is 23.6 Å². The summed E-state index contributed by atoms with van der Waals surface area (Å²) in [7, 11) is 0. The fourth-order valence-corrected chi connectivity index (χ4v) is 5.55. The van der Waals surface area contributed by atoms with Gasteiger partial charge in [0, 0.05) is 37.7 Å². The SMILES string of the molecule is C=C(C)CN1CC(=O)N2[C@@H](Cc3ccc(O)cc3)C(=O)N(Cc3ccc(F)cc3F)C[C@@H]2N1C(=O)NCc1ccccc1. The Morgan fingerprint density at radius 3 is 2.42 bits per heavy atom. The summed E-state index contributed by atoms with van der Waals surface area (Å²) in [5.41, 5.74) is 2.39. The summed E-state index contributed by atoms with van der Waals surface area (Å²) in [6.45, 7) is 5.76. The molecule has 11 heteroatoms. The molecule has 0 radical (unpaired) electrons. The summed E-state index contributed by atoms with van der Waals surface area (Å²) in [4.78, 5) is 44.3. The number of nitrogens with zero attached hydrogens (tertiary/aromatic N) is 4. The molecule has 43 heavy (non-hydrogen) atoms. The smallest absolute Gasteiger partial charge is 0.334 e. The molecule has 2 heterocycles. The molecule has 0 saturated carbocycles. The third-order valence-electron chi connectivity index (χ3n) is 7.52. The molecule has 4 amide bonds. The standard InChI is InChI=1S/C32H33F2N5O4/c1-21(2)17-37-20-30(41)38-28(14-22-8-12-26(40)13-9-22)31(42)36(18-24-10-11-25(33)15-27(24)34)19-29(38)39(37)32(43)35-16-23-6-4-3-5-7-23/h3-13,15,28-29,40H,1,14,16-20H2,2H3,(H,35,43)/t28-,29-/m0/s1. The molecule has 3 aromatic carbocycles. The van der Waals surface area contributed by atoms with Gasteiger partial charge in [0.2, 0.25) is 11.8 Å². The summed E-state index contributed by atoms with van der Waals surface area (Å²) < 4.78 is 28.4. The second-order valence-electron chi connectivity index (χ2n) is 10.9. The molecule has 2 aliphatic heterocycles. The van der Waals surface area contributed by atoms with Crippen LogP contribution in [0.3, 0.4) is 0 Å². The summed E-state index contributed by atoms with van der Waals surface area (Å²) >= 11 is 0. The van der Waals surface area contributed by atoms with Crippen LogP contribution in [-0.2, 0) is 29.1 Å². The van der Waals surface area contributed by atoms with Gasteiger partial charge in [0.05, 0.1) is 13.1 Å². The predicted molar refractivity (Wildman–Crippen MR) is 155 cm³/mol. The van der Waals surface area contributed by atoms with Crippen molar-refractivity contribution in [3.63, 3.8) is 0 Å². The van der Waals surface area contributed by atoms with Crippen LogP contribution in [0.4, 0.5) is 13.6 Å². The third kappa shape index (κ3) is 6.67. The normalized spacial score (nSPS) is 18.9. The number of halogens is 2. The van der Waals surface area contributed by atoms with E-state index in [1.54, 1.807) is 24.1 Å².